The minimum Gasteiger partial charge on any atom is -0.478 e. The summed E-state index contributed by atoms with van der Waals surface area (Å²) >= 11 is 0. The van der Waals surface area contributed by atoms with Crippen LogP contribution in [-0.2, 0) is 9.59 Å². The molecule has 0 spiro atoms. The van der Waals surface area contributed by atoms with Gasteiger partial charge in [0, 0.05) is 11.1 Å². The zero-order valence-electron chi connectivity index (χ0n) is 13.5. The van der Waals surface area contributed by atoms with E-state index in [2.05, 4.69) is 6.92 Å². The van der Waals surface area contributed by atoms with Crippen molar-refractivity contribution in [1.29, 1.82) is 0 Å². The van der Waals surface area contributed by atoms with Crippen LogP contribution in [0.25, 0.3) is 0 Å². The van der Waals surface area contributed by atoms with Crippen LogP contribution in [0.15, 0.2) is 11.1 Å². The molecule has 0 saturated heterocycles. The molecule has 0 aliphatic rings. The normalized spacial score (nSPS) is 12.1. The second-order valence-corrected chi connectivity index (χ2v) is 5.65. The highest BCUT2D eigenvalue weighted by molar-refractivity contribution is 5.98. The predicted molar refractivity (Wildman–Crippen MR) is 84.4 cm³/mol. The van der Waals surface area contributed by atoms with Crippen LogP contribution in [0.2, 0.25) is 0 Å². The average Bonchev–Trinajstić information content (AvgIpc) is 2.43. The maximum atomic E-state index is 11.0. The van der Waals surface area contributed by atoms with Gasteiger partial charge in [-0.1, -0.05) is 64.7 Å². The fourth-order valence-corrected chi connectivity index (χ4v) is 2.37. The molecule has 0 fully saturated rings. The molecule has 2 N–H and O–H groups in total. The van der Waals surface area contributed by atoms with Crippen LogP contribution in [0.3, 0.4) is 0 Å². The Kier molecular flexibility index (Phi) is 11.6. The minimum absolute atomic E-state index is 0.0431. The van der Waals surface area contributed by atoms with Gasteiger partial charge in [0.2, 0.25) is 0 Å². The van der Waals surface area contributed by atoms with Gasteiger partial charge < -0.3 is 10.2 Å². The first kappa shape index (κ1) is 19.7. The maximum absolute atomic E-state index is 11.0. The number of carboxylic acids is 2. The Bertz CT molecular complexity index is 345. The Balaban J connectivity index is 3.72. The first-order chi connectivity index (χ1) is 10.0. The minimum atomic E-state index is -1.14. The highest BCUT2D eigenvalue weighted by atomic mass is 16.4. The lowest BCUT2D eigenvalue weighted by molar-refractivity contribution is -0.136. The van der Waals surface area contributed by atoms with Crippen molar-refractivity contribution in [1.82, 2.24) is 0 Å². The molecule has 122 valence electrons. The topological polar surface area (TPSA) is 74.6 Å². The van der Waals surface area contributed by atoms with E-state index >= 15 is 0 Å². The van der Waals surface area contributed by atoms with E-state index in [0.29, 0.717) is 6.42 Å². The fourth-order valence-electron chi connectivity index (χ4n) is 2.37. The van der Waals surface area contributed by atoms with Crippen molar-refractivity contribution < 1.29 is 19.8 Å². The van der Waals surface area contributed by atoms with Crippen molar-refractivity contribution >= 4 is 11.9 Å². The van der Waals surface area contributed by atoms with E-state index < -0.39 is 11.9 Å². The van der Waals surface area contributed by atoms with Gasteiger partial charge in [-0.25, -0.2) is 9.59 Å². The molecule has 0 bridgehead atoms. The summed E-state index contributed by atoms with van der Waals surface area (Å²) in [6, 6.07) is 0. The van der Waals surface area contributed by atoms with Crippen LogP contribution in [0.4, 0.5) is 0 Å². The second kappa shape index (κ2) is 12.4. The fraction of sp³-hybridized carbons (Fsp3) is 0.765. The SMILES string of the molecule is CCCCCCCCCCCC/C(C(=O)O)=C(\C)C(=O)O. The van der Waals surface area contributed by atoms with Gasteiger partial charge in [0.1, 0.15) is 0 Å². The molecule has 21 heavy (non-hydrogen) atoms. The Morgan fingerprint density at radius 1 is 0.714 bits per heavy atom. The zero-order valence-corrected chi connectivity index (χ0v) is 13.5. The smallest absolute Gasteiger partial charge is 0.332 e. The molecule has 0 aliphatic carbocycles. The summed E-state index contributed by atoms with van der Waals surface area (Å²) in [5.41, 5.74) is 0.000453. The van der Waals surface area contributed by atoms with Crippen LogP contribution in [0.1, 0.15) is 84.5 Å². The number of hydrogen-bond donors (Lipinski definition) is 2. The molecule has 0 saturated carbocycles. The molecule has 0 amide bonds. The molecule has 0 radical (unpaired) electrons. The summed E-state index contributed by atoms with van der Waals surface area (Å²) < 4.78 is 0. The van der Waals surface area contributed by atoms with E-state index in [1.54, 1.807) is 0 Å². The quantitative estimate of drug-likeness (QED) is 0.379. The summed E-state index contributed by atoms with van der Waals surface area (Å²) in [6.45, 7) is 3.58. The monoisotopic (exact) mass is 298 g/mol. The summed E-state index contributed by atoms with van der Waals surface area (Å²) in [4.78, 5) is 21.8. The Morgan fingerprint density at radius 3 is 1.52 bits per heavy atom. The lowest BCUT2D eigenvalue weighted by Gasteiger charge is -2.05. The van der Waals surface area contributed by atoms with Gasteiger partial charge in [0.25, 0.3) is 0 Å². The van der Waals surface area contributed by atoms with Crippen molar-refractivity contribution in [2.24, 2.45) is 0 Å². The van der Waals surface area contributed by atoms with Crippen LogP contribution in [0.5, 0.6) is 0 Å². The molecule has 0 atom stereocenters. The Morgan fingerprint density at radius 2 is 1.14 bits per heavy atom. The molecule has 0 aliphatic heterocycles. The summed E-state index contributed by atoms with van der Waals surface area (Å²) in [6.07, 6.45) is 12.2. The maximum Gasteiger partial charge on any atom is 0.332 e. The van der Waals surface area contributed by atoms with Crippen LogP contribution >= 0.6 is 0 Å². The van der Waals surface area contributed by atoms with Gasteiger partial charge in [-0.2, -0.15) is 0 Å². The van der Waals surface area contributed by atoms with E-state index in [1.165, 1.54) is 51.9 Å². The van der Waals surface area contributed by atoms with Gasteiger partial charge in [-0.15, -0.1) is 0 Å². The summed E-state index contributed by atoms with van der Waals surface area (Å²) in [5, 5.41) is 17.9. The van der Waals surface area contributed by atoms with Gasteiger partial charge in [0.15, 0.2) is 0 Å². The van der Waals surface area contributed by atoms with Crippen molar-refractivity contribution in [2.75, 3.05) is 0 Å². The van der Waals surface area contributed by atoms with Crippen LogP contribution in [0, 0.1) is 0 Å². The Hall–Kier alpha value is -1.32. The van der Waals surface area contributed by atoms with E-state index in [1.807, 2.05) is 0 Å². The van der Waals surface area contributed by atoms with Crippen LogP contribution in [-0.4, -0.2) is 22.2 Å². The molecule has 0 aromatic carbocycles. The van der Waals surface area contributed by atoms with E-state index in [0.717, 1.165) is 19.3 Å². The van der Waals surface area contributed by atoms with Crippen molar-refractivity contribution in [3.63, 3.8) is 0 Å². The number of carbonyl (C=O) groups is 2. The number of unbranched alkanes of at least 4 members (excludes halogenated alkanes) is 9. The van der Waals surface area contributed by atoms with E-state index in [-0.39, 0.29) is 11.1 Å². The van der Waals surface area contributed by atoms with E-state index in [4.69, 9.17) is 10.2 Å². The number of rotatable bonds is 13. The largest absolute Gasteiger partial charge is 0.478 e. The lowest BCUT2D eigenvalue weighted by Crippen LogP contribution is -2.09. The van der Waals surface area contributed by atoms with Gasteiger partial charge in [-0.05, 0) is 19.8 Å². The highest BCUT2D eigenvalue weighted by Crippen LogP contribution is 2.16. The molecule has 4 nitrogen and oxygen atoms in total. The summed E-state index contributed by atoms with van der Waals surface area (Å²) in [5.74, 6) is -2.25. The third-order valence-electron chi connectivity index (χ3n) is 3.81. The van der Waals surface area contributed by atoms with Crippen molar-refractivity contribution in [3.8, 4) is 0 Å². The van der Waals surface area contributed by atoms with Gasteiger partial charge in [0.05, 0.1) is 0 Å². The van der Waals surface area contributed by atoms with Gasteiger partial charge in [-0.3, -0.25) is 0 Å². The second-order valence-electron chi connectivity index (χ2n) is 5.65. The summed E-state index contributed by atoms with van der Waals surface area (Å²) in [7, 11) is 0. The number of hydrogen-bond acceptors (Lipinski definition) is 2. The third-order valence-corrected chi connectivity index (χ3v) is 3.81. The Labute approximate surface area is 128 Å². The molecule has 0 aromatic heterocycles. The standard InChI is InChI=1S/C17H30O4/c1-3-4-5-6-7-8-9-10-11-12-13-15(17(20)21)14(2)16(18)19/h3-13H2,1-2H3,(H,18,19)(H,20,21)/b15-14-. The van der Waals surface area contributed by atoms with E-state index in [9.17, 15) is 9.59 Å². The van der Waals surface area contributed by atoms with Crippen molar-refractivity contribution in [2.45, 2.75) is 84.5 Å². The molecule has 0 heterocycles. The first-order valence-electron chi connectivity index (χ1n) is 8.17. The van der Waals surface area contributed by atoms with Crippen molar-refractivity contribution in [3.05, 3.63) is 11.1 Å². The number of carboxylic acid groups (broad SMARTS) is 2. The molecular formula is C17H30O4. The van der Waals surface area contributed by atoms with Gasteiger partial charge >= 0.3 is 11.9 Å². The average molecular weight is 298 g/mol. The molecule has 0 unspecified atom stereocenters. The molecule has 0 aromatic rings. The molecular weight excluding hydrogens is 268 g/mol. The highest BCUT2D eigenvalue weighted by Gasteiger charge is 2.15. The zero-order chi connectivity index (χ0) is 16.1. The number of aliphatic carboxylic acids is 2. The first-order valence-corrected chi connectivity index (χ1v) is 8.17. The molecule has 0 rings (SSSR count). The van der Waals surface area contributed by atoms with Crippen LogP contribution < -0.4 is 0 Å². The lowest BCUT2D eigenvalue weighted by atomic mass is 10.0. The predicted octanol–water partition coefficient (Wildman–Crippen LogP) is 4.78. The molecule has 4 heteroatoms. The third kappa shape index (κ3) is 10.1.